The molecule has 4 heteroatoms. The van der Waals surface area contributed by atoms with E-state index in [-0.39, 0.29) is 6.09 Å². The fraction of sp³-hybridized carbons (Fsp3) is 0.400. The number of rotatable bonds is 3. The van der Waals surface area contributed by atoms with E-state index in [4.69, 9.17) is 4.74 Å². The zero-order valence-corrected chi connectivity index (χ0v) is 11.6. The number of hydrogen-bond acceptors (Lipinski definition) is 2. The molecule has 0 saturated carbocycles. The van der Waals surface area contributed by atoms with Gasteiger partial charge in [-0.2, -0.15) is 0 Å². The maximum Gasteiger partial charge on any atom is 0.407 e. The molecule has 4 nitrogen and oxygen atoms in total. The first-order valence-electron chi connectivity index (χ1n) is 6.46. The average molecular weight is 260 g/mol. The molecule has 0 radical (unpaired) electrons. The highest BCUT2D eigenvalue weighted by molar-refractivity contribution is 5.79. The van der Waals surface area contributed by atoms with Crippen LogP contribution in [-0.4, -0.2) is 22.8 Å². The third-order valence-corrected chi connectivity index (χ3v) is 2.70. The van der Waals surface area contributed by atoms with E-state index in [9.17, 15) is 4.79 Å². The smallest absolute Gasteiger partial charge is 0.407 e. The molecule has 19 heavy (non-hydrogen) atoms. The van der Waals surface area contributed by atoms with Gasteiger partial charge >= 0.3 is 6.09 Å². The van der Waals surface area contributed by atoms with Crippen LogP contribution in [0.2, 0.25) is 0 Å². The molecule has 1 amide bonds. The Bertz CT molecular complexity index is 567. The van der Waals surface area contributed by atoms with E-state index in [0.717, 1.165) is 6.54 Å². The number of amides is 1. The molecular weight excluding hydrogens is 240 g/mol. The molecule has 0 aliphatic rings. The second-order valence-electron chi connectivity index (χ2n) is 5.50. The summed E-state index contributed by atoms with van der Waals surface area (Å²) in [6.07, 6.45) is 1.66. The summed E-state index contributed by atoms with van der Waals surface area (Å²) in [7, 11) is 0. The summed E-state index contributed by atoms with van der Waals surface area (Å²) in [6, 6.07) is 10.3. The van der Waals surface area contributed by atoms with Gasteiger partial charge in [-0.15, -0.1) is 0 Å². The zero-order valence-electron chi connectivity index (χ0n) is 11.6. The third kappa shape index (κ3) is 3.74. The van der Waals surface area contributed by atoms with E-state index in [2.05, 4.69) is 28.1 Å². The number of benzene rings is 1. The predicted molar refractivity (Wildman–Crippen MR) is 76.2 cm³/mol. The van der Waals surface area contributed by atoms with Crippen LogP contribution in [-0.2, 0) is 11.3 Å². The zero-order chi connectivity index (χ0) is 13.9. The minimum atomic E-state index is -0.454. The molecule has 0 unspecified atom stereocenters. The quantitative estimate of drug-likeness (QED) is 0.921. The van der Waals surface area contributed by atoms with Gasteiger partial charge in [-0.3, -0.25) is 0 Å². The number of carbonyl (C=O) groups is 1. The van der Waals surface area contributed by atoms with E-state index in [1.807, 2.05) is 39.1 Å². The Kier molecular flexibility index (Phi) is 3.79. The molecule has 0 aliphatic heterocycles. The summed E-state index contributed by atoms with van der Waals surface area (Å²) in [5.41, 5.74) is 0.720. The summed E-state index contributed by atoms with van der Waals surface area (Å²) < 4.78 is 7.30. The standard InChI is InChI=1S/C15H20N2O2/c1-15(2,3)19-14(18)16-9-11-17-10-8-12-6-4-5-7-13(12)17/h4-8,10H,9,11H2,1-3H3,(H,16,18). The summed E-state index contributed by atoms with van der Waals surface area (Å²) >= 11 is 0. The molecule has 1 heterocycles. The van der Waals surface area contributed by atoms with Crippen molar-refractivity contribution in [2.45, 2.75) is 32.9 Å². The lowest BCUT2D eigenvalue weighted by Crippen LogP contribution is -2.34. The van der Waals surface area contributed by atoms with Gasteiger partial charge in [0.2, 0.25) is 0 Å². The number of ether oxygens (including phenoxy) is 1. The highest BCUT2D eigenvalue weighted by atomic mass is 16.6. The monoisotopic (exact) mass is 260 g/mol. The first-order valence-corrected chi connectivity index (χ1v) is 6.46. The molecule has 1 N–H and O–H groups in total. The highest BCUT2D eigenvalue weighted by Gasteiger charge is 2.15. The summed E-state index contributed by atoms with van der Waals surface area (Å²) in [5, 5.41) is 3.97. The van der Waals surface area contributed by atoms with Gasteiger partial charge < -0.3 is 14.6 Å². The van der Waals surface area contributed by atoms with E-state index in [1.165, 1.54) is 10.9 Å². The fourth-order valence-corrected chi connectivity index (χ4v) is 1.93. The van der Waals surface area contributed by atoms with Crippen LogP contribution in [0.1, 0.15) is 20.8 Å². The molecule has 0 atom stereocenters. The van der Waals surface area contributed by atoms with Crippen molar-refractivity contribution in [1.29, 1.82) is 0 Å². The van der Waals surface area contributed by atoms with Crippen molar-refractivity contribution in [3.05, 3.63) is 36.5 Å². The SMILES string of the molecule is CC(C)(C)OC(=O)NCCn1ccc2ccccc21. The van der Waals surface area contributed by atoms with Gasteiger partial charge in [0.1, 0.15) is 5.60 Å². The topological polar surface area (TPSA) is 43.3 Å². The minimum absolute atomic E-state index is 0.371. The lowest BCUT2D eigenvalue weighted by atomic mass is 10.2. The van der Waals surface area contributed by atoms with Gasteiger partial charge in [0.05, 0.1) is 0 Å². The van der Waals surface area contributed by atoms with Crippen molar-refractivity contribution in [1.82, 2.24) is 9.88 Å². The van der Waals surface area contributed by atoms with Crippen molar-refractivity contribution in [3.63, 3.8) is 0 Å². The van der Waals surface area contributed by atoms with Gasteiger partial charge in [-0.25, -0.2) is 4.79 Å². The Balaban J connectivity index is 1.88. The Labute approximate surface area is 113 Å². The van der Waals surface area contributed by atoms with Crippen LogP contribution in [0.4, 0.5) is 4.79 Å². The van der Waals surface area contributed by atoms with Crippen molar-refractivity contribution in [2.75, 3.05) is 6.54 Å². The van der Waals surface area contributed by atoms with Crippen LogP contribution in [0.3, 0.4) is 0 Å². The average Bonchev–Trinajstić information content (AvgIpc) is 2.70. The first kappa shape index (κ1) is 13.5. The molecule has 2 aromatic rings. The number of para-hydroxylation sites is 1. The molecule has 1 aromatic heterocycles. The lowest BCUT2D eigenvalue weighted by Gasteiger charge is -2.19. The van der Waals surface area contributed by atoms with Crippen LogP contribution in [0.15, 0.2) is 36.5 Å². The Morgan fingerprint density at radius 3 is 2.74 bits per heavy atom. The van der Waals surface area contributed by atoms with Crippen LogP contribution in [0.25, 0.3) is 10.9 Å². The van der Waals surface area contributed by atoms with Gasteiger partial charge in [0.25, 0.3) is 0 Å². The van der Waals surface area contributed by atoms with E-state index in [1.54, 1.807) is 0 Å². The molecule has 1 aromatic carbocycles. The Hall–Kier alpha value is -1.97. The molecular formula is C15H20N2O2. The van der Waals surface area contributed by atoms with Crippen molar-refractivity contribution in [2.24, 2.45) is 0 Å². The normalized spacial score (nSPS) is 11.5. The summed E-state index contributed by atoms with van der Waals surface area (Å²) in [5.74, 6) is 0. The molecule has 0 saturated heterocycles. The van der Waals surface area contributed by atoms with Crippen LogP contribution < -0.4 is 5.32 Å². The number of aromatic nitrogens is 1. The van der Waals surface area contributed by atoms with Crippen molar-refractivity contribution < 1.29 is 9.53 Å². The number of alkyl carbamates (subject to hydrolysis) is 1. The molecule has 0 fully saturated rings. The largest absolute Gasteiger partial charge is 0.444 e. The molecule has 0 spiro atoms. The van der Waals surface area contributed by atoms with Crippen LogP contribution in [0.5, 0.6) is 0 Å². The van der Waals surface area contributed by atoms with E-state index >= 15 is 0 Å². The maximum absolute atomic E-state index is 11.5. The predicted octanol–water partition coefficient (Wildman–Crippen LogP) is 3.17. The third-order valence-electron chi connectivity index (χ3n) is 2.70. The second-order valence-corrected chi connectivity index (χ2v) is 5.50. The van der Waals surface area contributed by atoms with Gasteiger partial charge in [-0.05, 0) is 38.3 Å². The summed E-state index contributed by atoms with van der Waals surface area (Å²) in [4.78, 5) is 11.5. The number of carbonyl (C=O) groups excluding carboxylic acids is 1. The van der Waals surface area contributed by atoms with Gasteiger partial charge in [0.15, 0.2) is 0 Å². The molecule has 0 bridgehead atoms. The van der Waals surface area contributed by atoms with Crippen LogP contribution >= 0.6 is 0 Å². The Morgan fingerprint density at radius 2 is 2.00 bits per heavy atom. The second kappa shape index (κ2) is 5.34. The molecule has 102 valence electrons. The molecule has 2 rings (SSSR count). The first-order chi connectivity index (χ1) is 8.96. The Morgan fingerprint density at radius 1 is 1.26 bits per heavy atom. The summed E-state index contributed by atoms with van der Waals surface area (Å²) in [6.45, 7) is 6.84. The highest BCUT2D eigenvalue weighted by Crippen LogP contribution is 2.14. The van der Waals surface area contributed by atoms with E-state index < -0.39 is 5.60 Å². The van der Waals surface area contributed by atoms with Crippen molar-refractivity contribution >= 4 is 17.0 Å². The van der Waals surface area contributed by atoms with Crippen LogP contribution in [0, 0.1) is 0 Å². The number of hydrogen-bond donors (Lipinski definition) is 1. The number of nitrogens with zero attached hydrogens (tertiary/aromatic N) is 1. The van der Waals surface area contributed by atoms with E-state index in [0.29, 0.717) is 6.54 Å². The lowest BCUT2D eigenvalue weighted by molar-refractivity contribution is 0.0526. The van der Waals surface area contributed by atoms with Crippen molar-refractivity contribution in [3.8, 4) is 0 Å². The minimum Gasteiger partial charge on any atom is -0.444 e. The fourth-order valence-electron chi connectivity index (χ4n) is 1.93. The maximum atomic E-state index is 11.5. The van der Waals surface area contributed by atoms with Gasteiger partial charge in [0, 0.05) is 24.8 Å². The number of fused-ring (bicyclic) bond motifs is 1. The number of nitrogens with one attached hydrogen (secondary N) is 1. The molecule has 0 aliphatic carbocycles. The van der Waals surface area contributed by atoms with Gasteiger partial charge in [-0.1, -0.05) is 18.2 Å².